The van der Waals surface area contributed by atoms with Crippen molar-refractivity contribution in [2.75, 3.05) is 29.6 Å². The molecule has 188 valence electrons. The van der Waals surface area contributed by atoms with Gasteiger partial charge in [0.05, 0.1) is 35.0 Å². The second kappa shape index (κ2) is 14.3. The summed E-state index contributed by atoms with van der Waals surface area (Å²) >= 11 is 2.28. The topological polar surface area (TPSA) is 133 Å². The Labute approximate surface area is 211 Å². The number of hydrogen-bond acceptors (Lipinski definition) is 11. The third kappa shape index (κ3) is 9.95. The molecule has 0 saturated carbocycles. The van der Waals surface area contributed by atoms with E-state index in [1.54, 1.807) is 6.07 Å². The molecular formula is C23H26N2O8S2. The predicted molar refractivity (Wildman–Crippen MR) is 134 cm³/mol. The molecule has 1 aromatic rings. The monoisotopic (exact) mass is 522 g/mol. The lowest BCUT2D eigenvalue weighted by molar-refractivity contribution is -0.384. The number of ether oxygens (including phenoxy) is 2. The normalized spacial score (nSPS) is 12.9. The first-order chi connectivity index (χ1) is 16.7. The predicted octanol–water partition coefficient (Wildman–Crippen LogP) is 4.00. The minimum Gasteiger partial charge on any atom is -0.462 e. The van der Waals surface area contributed by atoms with Gasteiger partial charge < -0.3 is 14.4 Å². The van der Waals surface area contributed by atoms with Crippen molar-refractivity contribution >= 4 is 57.1 Å². The fourth-order valence-corrected chi connectivity index (χ4v) is 4.00. The number of non-ortho nitro benzene ring substituents is 1. The van der Waals surface area contributed by atoms with Gasteiger partial charge in [0.15, 0.2) is 10.2 Å². The molecule has 0 saturated heterocycles. The van der Waals surface area contributed by atoms with Crippen molar-refractivity contribution in [1.29, 1.82) is 0 Å². The van der Waals surface area contributed by atoms with Gasteiger partial charge in [0, 0.05) is 56.3 Å². The van der Waals surface area contributed by atoms with E-state index in [9.17, 15) is 29.3 Å². The molecule has 1 aliphatic heterocycles. The van der Waals surface area contributed by atoms with E-state index in [1.807, 2.05) is 0 Å². The molecule has 1 aromatic carbocycles. The quantitative estimate of drug-likeness (QED) is 0.171. The van der Waals surface area contributed by atoms with E-state index in [4.69, 9.17) is 9.47 Å². The van der Waals surface area contributed by atoms with Crippen molar-refractivity contribution in [3.05, 3.63) is 57.9 Å². The third-order valence-electron chi connectivity index (χ3n) is 4.49. The van der Waals surface area contributed by atoms with Crippen LogP contribution in [0.2, 0.25) is 0 Å². The summed E-state index contributed by atoms with van der Waals surface area (Å²) in [7, 11) is 0. The Hall–Kier alpha value is -3.12. The van der Waals surface area contributed by atoms with Gasteiger partial charge in [-0.05, 0) is 18.9 Å². The molecule has 1 aliphatic rings. The number of thioether (sulfide) groups is 2. The number of nitro groups is 1. The van der Waals surface area contributed by atoms with Gasteiger partial charge in [-0.2, -0.15) is 0 Å². The summed E-state index contributed by atoms with van der Waals surface area (Å²) in [5, 5.41) is 11.1. The first-order valence-electron chi connectivity index (χ1n) is 10.7. The maximum atomic E-state index is 12.7. The average molecular weight is 523 g/mol. The zero-order chi connectivity index (χ0) is 25.8. The van der Waals surface area contributed by atoms with Crippen LogP contribution in [0.15, 0.2) is 47.8 Å². The first-order valence-corrected chi connectivity index (χ1v) is 12.7. The Kier molecular flexibility index (Phi) is 11.5. The van der Waals surface area contributed by atoms with Gasteiger partial charge in [0.1, 0.15) is 0 Å². The molecule has 0 aliphatic carbocycles. The number of carbonyl (C=O) groups excluding carboxylic acids is 4. The summed E-state index contributed by atoms with van der Waals surface area (Å²) in [6.07, 6.45) is 3.87. The Bertz CT molecular complexity index is 986. The fraction of sp³-hybridized carbons (Fsp3) is 0.391. The summed E-state index contributed by atoms with van der Waals surface area (Å²) in [5.74, 6) is -0.240. The van der Waals surface area contributed by atoms with E-state index in [-0.39, 0.29) is 46.7 Å². The highest BCUT2D eigenvalue weighted by Gasteiger charge is 2.25. The maximum Gasteiger partial charge on any atom is 0.335 e. The lowest BCUT2D eigenvalue weighted by Gasteiger charge is -2.24. The standard InChI is InChI=1S/C23H26N2O8S2/c1-16(26)34-10-4-8-32-22(28)18-12-19(23(29)33-9-5-11-35-17(2)27)15-24(14-18)20-6-3-7-21(13-20)25(30)31/h3,6-7,13-15H,4-5,8-12H2,1-2H3. The number of esters is 2. The zero-order valence-electron chi connectivity index (χ0n) is 19.4. The molecule has 12 heteroatoms. The number of carbonyl (C=O) groups is 4. The number of hydrogen-bond donors (Lipinski definition) is 0. The molecule has 0 bridgehead atoms. The summed E-state index contributed by atoms with van der Waals surface area (Å²) in [6, 6.07) is 5.76. The Balaban J connectivity index is 2.13. The molecule has 35 heavy (non-hydrogen) atoms. The van der Waals surface area contributed by atoms with Gasteiger partial charge >= 0.3 is 11.9 Å². The molecule has 1 heterocycles. The molecule has 0 radical (unpaired) electrons. The lowest BCUT2D eigenvalue weighted by Crippen LogP contribution is -2.23. The lowest BCUT2D eigenvalue weighted by atomic mass is 10.0. The smallest absolute Gasteiger partial charge is 0.335 e. The Morgan fingerprint density at radius 2 is 1.46 bits per heavy atom. The van der Waals surface area contributed by atoms with E-state index in [2.05, 4.69) is 0 Å². The Morgan fingerprint density at radius 1 is 0.943 bits per heavy atom. The number of nitro benzene ring substituents is 1. The first kappa shape index (κ1) is 28.1. The second-order valence-corrected chi connectivity index (χ2v) is 9.87. The van der Waals surface area contributed by atoms with Crippen LogP contribution in [0.25, 0.3) is 0 Å². The van der Waals surface area contributed by atoms with Crippen LogP contribution in [-0.2, 0) is 28.7 Å². The number of anilines is 1. The molecule has 0 atom stereocenters. The molecule has 0 aromatic heterocycles. The van der Waals surface area contributed by atoms with Crippen LogP contribution in [-0.4, -0.2) is 51.8 Å². The minimum atomic E-state index is -0.635. The van der Waals surface area contributed by atoms with Crippen LogP contribution in [0.1, 0.15) is 33.1 Å². The number of benzene rings is 1. The van der Waals surface area contributed by atoms with Crippen molar-refractivity contribution in [1.82, 2.24) is 0 Å². The minimum absolute atomic E-state index is 0.0212. The molecular weight excluding hydrogens is 496 g/mol. The average Bonchev–Trinajstić information content (AvgIpc) is 2.82. The molecule has 0 spiro atoms. The SMILES string of the molecule is CC(=O)SCCCOC(=O)C1=CN(c2cccc([N+](=O)[O-])c2)C=C(C(=O)OCCCSC(C)=O)C1. The van der Waals surface area contributed by atoms with Gasteiger partial charge in [-0.15, -0.1) is 0 Å². The fourth-order valence-electron chi connectivity index (χ4n) is 2.90. The van der Waals surface area contributed by atoms with Crippen LogP contribution < -0.4 is 4.90 Å². The van der Waals surface area contributed by atoms with Gasteiger partial charge in [-0.1, -0.05) is 29.6 Å². The van der Waals surface area contributed by atoms with Crippen molar-refractivity contribution < 1.29 is 33.6 Å². The van der Waals surface area contributed by atoms with E-state index in [0.29, 0.717) is 30.0 Å². The van der Waals surface area contributed by atoms with Crippen molar-refractivity contribution in [2.45, 2.75) is 33.1 Å². The summed E-state index contributed by atoms with van der Waals surface area (Å²) < 4.78 is 10.6. The molecule has 10 nitrogen and oxygen atoms in total. The summed E-state index contributed by atoms with van der Waals surface area (Å²) in [4.78, 5) is 59.4. The number of rotatable bonds is 12. The second-order valence-electron chi connectivity index (χ2n) is 7.33. The largest absolute Gasteiger partial charge is 0.462 e. The van der Waals surface area contributed by atoms with E-state index < -0.39 is 16.9 Å². The highest BCUT2D eigenvalue weighted by atomic mass is 32.2. The van der Waals surface area contributed by atoms with Crippen molar-refractivity contribution in [3.63, 3.8) is 0 Å². The van der Waals surface area contributed by atoms with E-state index >= 15 is 0 Å². The molecule has 0 amide bonds. The van der Waals surface area contributed by atoms with Gasteiger partial charge in [-0.25, -0.2) is 9.59 Å². The van der Waals surface area contributed by atoms with Gasteiger partial charge in [-0.3, -0.25) is 19.7 Å². The molecule has 2 rings (SSSR count). The van der Waals surface area contributed by atoms with Crippen LogP contribution in [0.4, 0.5) is 11.4 Å². The van der Waals surface area contributed by atoms with Crippen LogP contribution in [0.5, 0.6) is 0 Å². The molecule has 0 fully saturated rings. The van der Waals surface area contributed by atoms with Crippen LogP contribution in [0, 0.1) is 10.1 Å². The third-order valence-corrected chi connectivity index (χ3v) is 6.29. The molecule has 0 N–H and O–H groups in total. The summed E-state index contributed by atoms with van der Waals surface area (Å²) in [6.45, 7) is 3.12. The van der Waals surface area contributed by atoms with Crippen LogP contribution in [0.3, 0.4) is 0 Å². The Morgan fingerprint density at radius 3 is 1.91 bits per heavy atom. The van der Waals surface area contributed by atoms with Gasteiger partial charge in [0.2, 0.25) is 0 Å². The van der Waals surface area contributed by atoms with E-state index in [1.165, 1.54) is 49.3 Å². The van der Waals surface area contributed by atoms with E-state index in [0.717, 1.165) is 23.5 Å². The van der Waals surface area contributed by atoms with Crippen molar-refractivity contribution in [3.8, 4) is 0 Å². The highest BCUT2D eigenvalue weighted by Crippen LogP contribution is 2.28. The highest BCUT2D eigenvalue weighted by molar-refractivity contribution is 8.13. The maximum absolute atomic E-state index is 12.7. The number of nitrogens with zero attached hydrogens (tertiary/aromatic N) is 2. The van der Waals surface area contributed by atoms with Crippen molar-refractivity contribution in [2.24, 2.45) is 0 Å². The van der Waals surface area contributed by atoms with Crippen LogP contribution >= 0.6 is 23.5 Å². The summed E-state index contributed by atoms with van der Waals surface area (Å²) in [5.41, 5.74) is 0.592. The molecule has 0 unspecified atom stereocenters. The zero-order valence-corrected chi connectivity index (χ0v) is 21.0. The van der Waals surface area contributed by atoms with Gasteiger partial charge in [0.25, 0.3) is 5.69 Å².